The molecule has 1 rings (SSSR count). The van der Waals surface area contributed by atoms with Gasteiger partial charge in [-0.25, -0.2) is 0 Å². The van der Waals surface area contributed by atoms with Gasteiger partial charge in [-0.2, -0.15) is 0 Å². The van der Waals surface area contributed by atoms with E-state index in [1.165, 1.54) is 0 Å². The number of rotatable bonds is 3. The molecule has 0 aromatic heterocycles. The Bertz CT molecular complexity index is 359. The summed E-state index contributed by atoms with van der Waals surface area (Å²) >= 11 is 3.40. The fourth-order valence-corrected chi connectivity index (χ4v) is 1.91. The second-order valence-corrected chi connectivity index (χ2v) is 3.89. The minimum atomic E-state index is 0.0657. The second kappa shape index (κ2) is 4.60. The Kier molecular flexibility index (Phi) is 3.69. The van der Waals surface area contributed by atoms with Crippen LogP contribution >= 0.6 is 15.9 Å². The zero-order valence-electron chi connectivity index (χ0n) is 8.56. The maximum absolute atomic E-state index is 11.3. The Hall–Kier alpha value is -0.830. The lowest BCUT2D eigenvalue weighted by Crippen LogP contribution is -2.01. The van der Waals surface area contributed by atoms with Crippen molar-refractivity contribution >= 4 is 21.7 Å². The number of halogens is 1. The molecule has 0 fully saturated rings. The average molecular weight is 257 g/mol. The van der Waals surface area contributed by atoms with Crippen molar-refractivity contribution in [2.75, 3.05) is 6.61 Å². The van der Waals surface area contributed by atoms with Crippen LogP contribution in [-0.2, 0) is 0 Å². The number of carbonyl (C=O) groups excluding carboxylic acids is 1. The van der Waals surface area contributed by atoms with Crippen LogP contribution in [0.15, 0.2) is 16.6 Å². The quantitative estimate of drug-likeness (QED) is 0.776. The summed E-state index contributed by atoms with van der Waals surface area (Å²) in [6, 6.07) is 3.65. The second-order valence-electron chi connectivity index (χ2n) is 3.04. The maximum Gasteiger partial charge on any atom is 0.160 e. The molecule has 1 aromatic carbocycles. The molecule has 0 aliphatic rings. The van der Waals surface area contributed by atoms with Gasteiger partial charge in [0.25, 0.3) is 0 Å². The third-order valence-electron chi connectivity index (χ3n) is 2.03. The smallest absolute Gasteiger partial charge is 0.160 e. The normalized spacial score (nSPS) is 10.0. The number of ether oxygens (including phenoxy) is 1. The zero-order valence-corrected chi connectivity index (χ0v) is 10.1. The van der Waals surface area contributed by atoms with Gasteiger partial charge in [0, 0.05) is 11.1 Å². The van der Waals surface area contributed by atoms with E-state index in [1.54, 1.807) is 6.92 Å². The standard InChI is InChI=1S/C11H13BrO2/c1-4-14-11-7(2)9(8(3)13)5-6-10(11)12/h5-6H,4H2,1-3H3. The van der Waals surface area contributed by atoms with Crippen molar-refractivity contribution in [1.29, 1.82) is 0 Å². The highest BCUT2D eigenvalue weighted by molar-refractivity contribution is 9.10. The number of hydrogen-bond acceptors (Lipinski definition) is 2. The van der Waals surface area contributed by atoms with Gasteiger partial charge in [0.05, 0.1) is 11.1 Å². The van der Waals surface area contributed by atoms with Crippen molar-refractivity contribution in [2.45, 2.75) is 20.8 Å². The molecular weight excluding hydrogens is 244 g/mol. The molecule has 0 aliphatic carbocycles. The van der Waals surface area contributed by atoms with Crippen LogP contribution in [0.25, 0.3) is 0 Å². The molecule has 0 spiro atoms. The first-order chi connectivity index (χ1) is 6.57. The molecule has 0 N–H and O–H groups in total. The van der Waals surface area contributed by atoms with Crippen molar-refractivity contribution in [3.63, 3.8) is 0 Å². The largest absolute Gasteiger partial charge is 0.492 e. The first kappa shape index (κ1) is 11.2. The molecule has 0 bridgehead atoms. The predicted octanol–water partition coefficient (Wildman–Crippen LogP) is 3.36. The summed E-state index contributed by atoms with van der Waals surface area (Å²) in [5, 5.41) is 0. The molecule has 0 saturated carbocycles. The average Bonchev–Trinajstić information content (AvgIpc) is 2.11. The van der Waals surface area contributed by atoms with E-state index in [-0.39, 0.29) is 5.78 Å². The Morgan fingerprint density at radius 2 is 2.14 bits per heavy atom. The summed E-state index contributed by atoms with van der Waals surface area (Å²) in [7, 11) is 0. The van der Waals surface area contributed by atoms with Crippen LogP contribution in [0.3, 0.4) is 0 Å². The van der Waals surface area contributed by atoms with Crippen LogP contribution < -0.4 is 4.74 Å². The molecule has 14 heavy (non-hydrogen) atoms. The molecular formula is C11H13BrO2. The van der Waals surface area contributed by atoms with E-state index >= 15 is 0 Å². The highest BCUT2D eigenvalue weighted by Crippen LogP contribution is 2.31. The highest BCUT2D eigenvalue weighted by Gasteiger charge is 2.11. The predicted molar refractivity (Wildman–Crippen MR) is 60.1 cm³/mol. The van der Waals surface area contributed by atoms with Gasteiger partial charge in [-0.3, -0.25) is 4.79 Å². The molecule has 0 radical (unpaired) electrons. The van der Waals surface area contributed by atoms with E-state index in [0.29, 0.717) is 6.61 Å². The van der Waals surface area contributed by atoms with E-state index in [4.69, 9.17) is 4.74 Å². The summed E-state index contributed by atoms with van der Waals surface area (Å²) < 4.78 is 6.35. The number of ketones is 1. The fourth-order valence-electron chi connectivity index (χ4n) is 1.36. The Labute approximate surface area is 92.4 Å². The summed E-state index contributed by atoms with van der Waals surface area (Å²) in [6.07, 6.45) is 0. The van der Waals surface area contributed by atoms with Gasteiger partial charge >= 0.3 is 0 Å². The summed E-state index contributed by atoms with van der Waals surface area (Å²) in [6.45, 7) is 5.98. The topological polar surface area (TPSA) is 26.3 Å². The third kappa shape index (κ3) is 2.15. The lowest BCUT2D eigenvalue weighted by molar-refractivity contribution is 0.101. The summed E-state index contributed by atoms with van der Waals surface area (Å²) in [5.74, 6) is 0.830. The Morgan fingerprint density at radius 1 is 1.50 bits per heavy atom. The molecule has 3 heteroatoms. The molecule has 76 valence electrons. The van der Waals surface area contributed by atoms with Crippen molar-refractivity contribution in [1.82, 2.24) is 0 Å². The van der Waals surface area contributed by atoms with Crippen molar-refractivity contribution in [3.8, 4) is 5.75 Å². The van der Waals surface area contributed by atoms with Gasteiger partial charge in [0.2, 0.25) is 0 Å². The van der Waals surface area contributed by atoms with Crippen LogP contribution in [0.4, 0.5) is 0 Å². The van der Waals surface area contributed by atoms with Crippen molar-refractivity contribution in [3.05, 3.63) is 27.7 Å². The third-order valence-corrected chi connectivity index (χ3v) is 2.65. The molecule has 0 aliphatic heterocycles. The number of Topliss-reactive ketones (excluding diaryl/α,β-unsaturated/α-hetero) is 1. The number of hydrogen-bond donors (Lipinski definition) is 0. The van der Waals surface area contributed by atoms with Gasteiger partial charge in [-0.05, 0) is 48.8 Å². The van der Waals surface area contributed by atoms with Gasteiger partial charge in [-0.15, -0.1) is 0 Å². The number of carbonyl (C=O) groups is 1. The summed E-state index contributed by atoms with van der Waals surface area (Å²) in [5.41, 5.74) is 1.62. The minimum Gasteiger partial charge on any atom is -0.492 e. The maximum atomic E-state index is 11.3. The van der Waals surface area contributed by atoms with Gasteiger partial charge < -0.3 is 4.74 Å². The van der Waals surface area contributed by atoms with E-state index in [0.717, 1.165) is 21.3 Å². The van der Waals surface area contributed by atoms with E-state index in [1.807, 2.05) is 26.0 Å². The molecule has 0 saturated heterocycles. The highest BCUT2D eigenvalue weighted by atomic mass is 79.9. The van der Waals surface area contributed by atoms with Crippen molar-refractivity contribution in [2.24, 2.45) is 0 Å². The Morgan fingerprint density at radius 3 is 2.64 bits per heavy atom. The Balaban J connectivity index is 3.26. The van der Waals surface area contributed by atoms with Crippen LogP contribution in [0.5, 0.6) is 5.75 Å². The lowest BCUT2D eigenvalue weighted by Gasteiger charge is -2.11. The minimum absolute atomic E-state index is 0.0657. The van der Waals surface area contributed by atoms with E-state index < -0.39 is 0 Å². The first-order valence-corrected chi connectivity index (χ1v) is 5.30. The van der Waals surface area contributed by atoms with Crippen LogP contribution in [0.1, 0.15) is 29.8 Å². The SMILES string of the molecule is CCOc1c(Br)ccc(C(C)=O)c1C. The van der Waals surface area contributed by atoms with Crippen LogP contribution in [-0.4, -0.2) is 12.4 Å². The molecule has 0 heterocycles. The van der Waals surface area contributed by atoms with E-state index in [2.05, 4.69) is 15.9 Å². The van der Waals surface area contributed by atoms with Crippen molar-refractivity contribution < 1.29 is 9.53 Å². The molecule has 0 amide bonds. The molecule has 2 nitrogen and oxygen atoms in total. The zero-order chi connectivity index (χ0) is 10.7. The number of benzene rings is 1. The molecule has 0 unspecified atom stereocenters. The monoisotopic (exact) mass is 256 g/mol. The fraction of sp³-hybridized carbons (Fsp3) is 0.364. The van der Waals surface area contributed by atoms with Gasteiger partial charge in [-0.1, -0.05) is 0 Å². The lowest BCUT2D eigenvalue weighted by atomic mass is 10.0. The van der Waals surface area contributed by atoms with Gasteiger partial charge in [0.1, 0.15) is 5.75 Å². The van der Waals surface area contributed by atoms with Crippen LogP contribution in [0.2, 0.25) is 0 Å². The molecule has 1 aromatic rings. The van der Waals surface area contributed by atoms with Crippen LogP contribution in [0, 0.1) is 6.92 Å². The summed E-state index contributed by atoms with van der Waals surface area (Å²) in [4.78, 5) is 11.3. The van der Waals surface area contributed by atoms with Gasteiger partial charge in [0.15, 0.2) is 5.78 Å². The van der Waals surface area contributed by atoms with E-state index in [9.17, 15) is 4.79 Å². The first-order valence-electron chi connectivity index (χ1n) is 4.50. The molecule has 0 atom stereocenters.